The first-order valence-corrected chi connectivity index (χ1v) is 9.15. The number of aryl methyl sites for hydroxylation is 2. The number of nitrogens with one attached hydrogen (secondary N) is 2. The van der Waals surface area contributed by atoms with Crippen LogP contribution in [-0.2, 0) is 11.8 Å². The molecule has 1 aliphatic heterocycles. The van der Waals surface area contributed by atoms with Gasteiger partial charge in [-0.1, -0.05) is 6.07 Å². The third kappa shape index (κ3) is 3.24. The second-order valence-electron chi connectivity index (χ2n) is 7.01. The molecule has 0 saturated heterocycles. The van der Waals surface area contributed by atoms with Crippen molar-refractivity contribution in [3.05, 3.63) is 65.4 Å². The summed E-state index contributed by atoms with van der Waals surface area (Å²) < 4.78 is 21.7. The van der Waals surface area contributed by atoms with Crippen LogP contribution in [0.2, 0.25) is 0 Å². The van der Waals surface area contributed by atoms with E-state index in [9.17, 15) is 9.18 Å². The Morgan fingerprint density at radius 2 is 2.07 bits per heavy atom. The largest absolute Gasteiger partial charge is 0.496 e. The minimum atomic E-state index is -0.375. The van der Waals surface area contributed by atoms with Gasteiger partial charge in [0, 0.05) is 30.2 Å². The second-order valence-corrected chi connectivity index (χ2v) is 7.01. The first kappa shape index (κ1) is 18.7. The Morgan fingerprint density at radius 3 is 2.76 bits per heavy atom. The third-order valence-corrected chi connectivity index (χ3v) is 4.99. The molecule has 4 rings (SSSR count). The summed E-state index contributed by atoms with van der Waals surface area (Å²) in [4.78, 5) is 12.7. The summed E-state index contributed by atoms with van der Waals surface area (Å²) in [7, 11) is 3.33. The monoisotopic (exact) mass is 392 g/mol. The molecule has 0 fully saturated rings. The molecule has 3 aromatic rings. The smallest absolute Gasteiger partial charge is 0.258 e. The van der Waals surface area contributed by atoms with Crippen molar-refractivity contribution in [1.29, 1.82) is 0 Å². The van der Waals surface area contributed by atoms with Crippen LogP contribution in [0.15, 0.2) is 48.4 Å². The second kappa shape index (κ2) is 7.09. The molecule has 0 radical (unpaired) electrons. The highest BCUT2D eigenvalue weighted by atomic mass is 19.1. The fourth-order valence-corrected chi connectivity index (χ4v) is 3.67. The summed E-state index contributed by atoms with van der Waals surface area (Å²) in [5.74, 6) is -0.132. The zero-order valence-electron chi connectivity index (χ0n) is 16.6. The molecule has 1 aliphatic rings. The highest BCUT2D eigenvalue weighted by Crippen LogP contribution is 2.42. The first-order chi connectivity index (χ1) is 13.9. The maximum atomic E-state index is 14.7. The van der Waals surface area contributed by atoms with Gasteiger partial charge in [0.2, 0.25) is 0 Å². The van der Waals surface area contributed by atoms with E-state index in [-0.39, 0.29) is 11.7 Å². The normalized spacial score (nSPS) is 14.4. The molecule has 2 aromatic carbocycles. The van der Waals surface area contributed by atoms with Gasteiger partial charge in [0.15, 0.2) is 0 Å². The molecule has 0 saturated carbocycles. The Bertz CT molecular complexity index is 1160. The topological polar surface area (TPSA) is 68.2 Å². The molecule has 29 heavy (non-hydrogen) atoms. The average Bonchev–Trinajstić information content (AvgIpc) is 3.22. The van der Waals surface area contributed by atoms with Crippen molar-refractivity contribution in [3.63, 3.8) is 0 Å². The number of hydrogen-bond acceptors (Lipinski definition) is 4. The standard InChI is InChI=1S/C22H21FN4O2/c1-12-8-18-16(9-15(12)21-17(23)6-5-7-19(21)29-4)20(22(28)26-18)13(2)25-14-10-24-27(3)11-14/h5-11,25H,1-4H3,(H,26,28)/b20-13-. The van der Waals surface area contributed by atoms with Crippen LogP contribution in [0, 0.1) is 12.7 Å². The van der Waals surface area contributed by atoms with Gasteiger partial charge in [-0.25, -0.2) is 4.39 Å². The molecule has 1 aromatic heterocycles. The number of allylic oxidation sites excluding steroid dienone is 1. The van der Waals surface area contributed by atoms with Crippen molar-refractivity contribution < 1.29 is 13.9 Å². The van der Waals surface area contributed by atoms with Gasteiger partial charge >= 0.3 is 0 Å². The van der Waals surface area contributed by atoms with Gasteiger partial charge in [-0.15, -0.1) is 0 Å². The maximum absolute atomic E-state index is 14.7. The number of benzene rings is 2. The average molecular weight is 392 g/mol. The van der Waals surface area contributed by atoms with E-state index >= 15 is 0 Å². The lowest BCUT2D eigenvalue weighted by Gasteiger charge is -2.14. The number of methoxy groups -OCH3 is 1. The lowest BCUT2D eigenvalue weighted by molar-refractivity contribution is -0.110. The van der Waals surface area contributed by atoms with Crippen molar-refractivity contribution in [1.82, 2.24) is 9.78 Å². The lowest BCUT2D eigenvalue weighted by atomic mass is 9.94. The van der Waals surface area contributed by atoms with Crippen LogP contribution in [0.25, 0.3) is 16.7 Å². The van der Waals surface area contributed by atoms with Gasteiger partial charge in [0.05, 0.1) is 30.1 Å². The van der Waals surface area contributed by atoms with Crippen molar-refractivity contribution in [3.8, 4) is 16.9 Å². The fourth-order valence-electron chi connectivity index (χ4n) is 3.67. The number of carbonyl (C=O) groups excluding carboxylic acids is 1. The molecule has 0 aliphatic carbocycles. The van der Waals surface area contributed by atoms with Gasteiger partial charge in [0.25, 0.3) is 5.91 Å². The van der Waals surface area contributed by atoms with E-state index in [2.05, 4.69) is 15.7 Å². The van der Waals surface area contributed by atoms with Gasteiger partial charge < -0.3 is 15.4 Å². The number of amides is 1. The number of hydrogen-bond donors (Lipinski definition) is 2. The summed E-state index contributed by atoms with van der Waals surface area (Å²) in [6, 6.07) is 8.44. The molecule has 7 heteroatoms. The van der Waals surface area contributed by atoms with Crippen LogP contribution in [0.4, 0.5) is 15.8 Å². The Balaban J connectivity index is 1.86. The molecule has 2 N–H and O–H groups in total. The van der Waals surface area contributed by atoms with E-state index in [0.717, 1.165) is 16.8 Å². The minimum Gasteiger partial charge on any atom is -0.496 e. The summed E-state index contributed by atoms with van der Waals surface area (Å²) >= 11 is 0. The van der Waals surface area contributed by atoms with Crippen LogP contribution in [0.3, 0.4) is 0 Å². The Labute approximate surface area is 168 Å². The van der Waals surface area contributed by atoms with Crippen LogP contribution in [0.1, 0.15) is 18.1 Å². The molecule has 148 valence electrons. The van der Waals surface area contributed by atoms with E-state index in [1.165, 1.54) is 13.2 Å². The zero-order chi connectivity index (χ0) is 20.7. The van der Waals surface area contributed by atoms with E-state index in [0.29, 0.717) is 33.8 Å². The van der Waals surface area contributed by atoms with Crippen molar-refractivity contribution in [2.75, 3.05) is 17.7 Å². The van der Waals surface area contributed by atoms with Crippen molar-refractivity contribution in [2.45, 2.75) is 13.8 Å². The molecule has 0 bridgehead atoms. The number of ether oxygens (including phenoxy) is 1. The molecule has 0 unspecified atom stereocenters. The van der Waals surface area contributed by atoms with Gasteiger partial charge in [-0.3, -0.25) is 9.48 Å². The van der Waals surface area contributed by atoms with E-state index in [1.54, 1.807) is 23.0 Å². The zero-order valence-corrected chi connectivity index (χ0v) is 16.6. The van der Waals surface area contributed by atoms with Crippen LogP contribution < -0.4 is 15.4 Å². The number of anilines is 2. The number of halogens is 1. The maximum Gasteiger partial charge on any atom is 0.258 e. The Morgan fingerprint density at radius 1 is 1.28 bits per heavy atom. The van der Waals surface area contributed by atoms with E-state index < -0.39 is 0 Å². The van der Waals surface area contributed by atoms with E-state index in [1.807, 2.05) is 39.2 Å². The van der Waals surface area contributed by atoms with Crippen LogP contribution >= 0.6 is 0 Å². The highest BCUT2D eigenvalue weighted by molar-refractivity contribution is 6.32. The first-order valence-electron chi connectivity index (χ1n) is 9.15. The summed E-state index contributed by atoms with van der Waals surface area (Å²) in [6.07, 6.45) is 3.51. The Kier molecular flexibility index (Phi) is 4.58. The quantitative estimate of drug-likeness (QED) is 0.648. The molecule has 0 atom stereocenters. The predicted molar refractivity (Wildman–Crippen MR) is 111 cm³/mol. The number of nitrogens with zero attached hydrogens (tertiary/aromatic N) is 2. The Hall–Kier alpha value is -3.61. The highest BCUT2D eigenvalue weighted by Gasteiger charge is 2.28. The number of carbonyl (C=O) groups is 1. The molecule has 2 heterocycles. The van der Waals surface area contributed by atoms with Gasteiger partial charge in [0.1, 0.15) is 11.6 Å². The van der Waals surface area contributed by atoms with Crippen molar-refractivity contribution in [2.24, 2.45) is 7.05 Å². The van der Waals surface area contributed by atoms with Gasteiger partial charge in [-0.05, 0) is 49.2 Å². The molecular weight excluding hydrogens is 371 g/mol. The molecular formula is C22H21FN4O2. The fraction of sp³-hybridized carbons (Fsp3) is 0.182. The third-order valence-electron chi connectivity index (χ3n) is 4.99. The summed E-state index contributed by atoms with van der Waals surface area (Å²) in [5, 5.41) is 10.2. The van der Waals surface area contributed by atoms with Gasteiger partial charge in [-0.2, -0.15) is 5.10 Å². The number of fused-ring (bicyclic) bond motifs is 1. The molecule has 6 nitrogen and oxygen atoms in total. The molecule has 0 spiro atoms. The predicted octanol–water partition coefficient (Wildman–Crippen LogP) is 4.34. The number of rotatable bonds is 4. The van der Waals surface area contributed by atoms with Crippen LogP contribution in [0.5, 0.6) is 5.75 Å². The molecule has 1 amide bonds. The minimum absolute atomic E-state index is 0.203. The van der Waals surface area contributed by atoms with Crippen molar-refractivity contribution >= 4 is 22.9 Å². The lowest BCUT2D eigenvalue weighted by Crippen LogP contribution is -2.08. The van der Waals surface area contributed by atoms with Crippen LogP contribution in [-0.4, -0.2) is 22.8 Å². The van der Waals surface area contributed by atoms with E-state index in [4.69, 9.17) is 4.74 Å². The summed E-state index contributed by atoms with van der Waals surface area (Å²) in [5.41, 5.74) is 5.30. The SMILES string of the molecule is COc1cccc(F)c1-c1cc2c(cc1C)NC(=O)/C2=C(/C)Nc1cnn(C)c1. The summed E-state index contributed by atoms with van der Waals surface area (Å²) in [6.45, 7) is 3.72. The number of aromatic nitrogens is 2.